The second kappa shape index (κ2) is 6.38. The van der Waals surface area contributed by atoms with Crippen LogP contribution in [0, 0.1) is 0 Å². The number of anilines is 1. The van der Waals surface area contributed by atoms with Gasteiger partial charge in [0.15, 0.2) is 0 Å². The summed E-state index contributed by atoms with van der Waals surface area (Å²) in [6, 6.07) is 5.91. The van der Waals surface area contributed by atoms with Crippen molar-refractivity contribution in [1.82, 2.24) is 9.88 Å². The van der Waals surface area contributed by atoms with Crippen LogP contribution in [-0.2, 0) is 0 Å². The normalized spacial score (nSPS) is 21.8. The fraction of sp³-hybridized carbons (Fsp3) is 0.688. The van der Waals surface area contributed by atoms with E-state index in [4.69, 9.17) is 0 Å². The molecule has 0 aliphatic carbocycles. The molecule has 1 aromatic rings. The van der Waals surface area contributed by atoms with Gasteiger partial charge < -0.3 is 5.32 Å². The van der Waals surface area contributed by atoms with Crippen molar-refractivity contribution in [2.75, 3.05) is 11.9 Å². The summed E-state index contributed by atoms with van der Waals surface area (Å²) in [5.74, 6) is 1.08. The highest BCUT2D eigenvalue weighted by Gasteiger charge is 2.29. The Bertz CT molecular complexity index is 403. The summed E-state index contributed by atoms with van der Waals surface area (Å²) in [7, 11) is 0. The predicted molar refractivity (Wildman–Crippen MR) is 81.4 cm³/mol. The van der Waals surface area contributed by atoms with Gasteiger partial charge in [0.05, 0.1) is 0 Å². The minimum Gasteiger partial charge on any atom is -0.367 e. The minimum absolute atomic E-state index is 0.475. The van der Waals surface area contributed by atoms with Crippen LogP contribution in [0.25, 0.3) is 0 Å². The third-order valence-corrected chi connectivity index (χ3v) is 4.15. The molecule has 2 heterocycles. The number of rotatable bonds is 5. The molecule has 3 heteroatoms. The van der Waals surface area contributed by atoms with Crippen molar-refractivity contribution < 1.29 is 0 Å². The van der Waals surface area contributed by atoms with Crippen molar-refractivity contribution in [1.29, 1.82) is 0 Å². The summed E-state index contributed by atoms with van der Waals surface area (Å²) in [5, 5.41) is 3.56. The largest absolute Gasteiger partial charge is 0.367 e. The molecule has 0 aromatic carbocycles. The average Bonchev–Trinajstić information content (AvgIpc) is 2.88. The van der Waals surface area contributed by atoms with E-state index >= 15 is 0 Å². The molecule has 1 saturated heterocycles. The zero-order chi connectivity index (χ0) is 13.8. The minimum atomic E-state index is 0.475. The summed E-state index contributed by atoms with van der Waals surface area (Å²) in [4.78, 5) is 7.16. The summed E-state index contributed by atoms with van der Waals surface area (Å²) in [6.45, 7) is 10.2. The highest BCUT2D eigenvalue weighted by atomic mass is 15.2. The van der Waals surface area contributed by atoms with Crippen molar-refractivity contribution >= 4 is 5.82 Å². The summed E-state index contributed by atoms with van der Waals surface area (Å²) >= 11 is 0. The molecule has 1 aliphatic heterocycles. The number of hydrogen-bond acceptors (Lipinski definition) is 3. The van der Waals surface area contributed by atoms with Gasteiger partial charge in [-0.1, -0.05) is 13.0 Å². The molecular formula is C16H27N3. The van der Waals surface area contributed by atoms with E-state index in [0.717, 1.165) is 12.2 Å². The first-order valence-corrected chi connectivity index (χ1v) is 7.60. The first kappa shape index (κ1) is 14.3. The van der Waals surface area contributed by atoms with Gasteiger partial charge in [-0.2, -0.15) is 0 Å². The van der Waals surface area contributed by atoms with Crippen LogP contribution in [0.15, 0.2) is 18.3 Å². The quantitative estimate of drug-likeness (QED) is 0.873. The first-order valence-electron chi connectivity index (χ1n) is 7.60. The van der Waals surface area contributed by atoms with Gasteiger partial charge in [-0.15, -0.1) is 0 Å². The van der Waals surface area contributed by atoms with E-state index in [9.17, 15) is 0 Å². The lowest BCUT2D eigenvalue weighted by molar-refractivity contribution is 0.205. The molecule has 0 saturated carbocycles. The molecule has 0 bridgehead atoms. The van der Waals surface area contributed by atoms with Crippen LogP contribution < -0.4 is 5.32 Å². The molecule has 1 aliphatic rings. The topological polar surface area (TPSA) is 28.2 Å². The molecule has 19 heavy (non-hydrogen) atoms. The standard InChI is InChI=1S/C16H27N3/c1-5-13(4)18-16-14(8-6-10-17-16)15-9-7-11-19(15)12(2)3/h6,8,10,12-13,15H,5,7,9,11H2,1-4H3,(H,17,18)/t13-,15+/m0/s1. The maximum atomic E-state index is 4.57. The molecular weight excluding hydrogens is 234 g/mol. The Hall–Kier alpha value is -1.09. The van der Waals surface area contributed by atoms with Crippen LogP contribution in [0.5, 0.6) is 0 Å². The second-order valence-corrected chi connectivity index (χ2v) is 5.88. The van der Waals surface area contributed by atoms with Crippen molar-refractivity contribution in [2.45, 2.75) is 65.1 Å². The maximum Gasteiger partial charge on any atom is 0.130 e. The maximum absolute atomic E-state index is 4.57. The summed E-state index contributed by atoms with van der Waals surface area (Å²) in [6.07, 6.45) is 5.55. The number of pyridine rings is 1. The number of likely N-dealkylation sites (tertiary alicyclic amines) is 1. The number of hydrogen-bond donors (Lipinski definition) is 1. The van der Waals surface area contributed by atoms with Crippen LogP contribution in [-0.4, -0.2) is 28.5 Å². The molecule has 1 N–H and O–H groups in total. The Morgan fingerprint density at radius 3 is 2.89 bits per heavy atom. The Morgan fingerprint density at radius 2 is 2.21 bits per heavy atom. The Kier molecular flexibility index (Phi) is 4.81. The van der Waals surface area contributed by atoms with Crippen molar-refractivity contribution in [3.8, 4) is 0 Å². The Balaban J connectivity index is 2.23. The van der Waals surface area contributed by atoms with Crippen molar-refractivity contribution in [3.63, 3.8) is 0 Å². The van der Waals surface area contributed by atoms with Gasteiger partial charge >= 0.3 is 0 Å². The molecule has 0 amide bonds. The second-order valence-electron chi connectivity index (χ2n) is 5.88. The Morgan fingerprint density at radius 1 is 1.42 bits per heavy atom. The molecule has 1 aromatic heterocycles. The smallest absolute Gasteiger partial charge is 0.130 e. The Labute approximate surface area is 117 Å². The highest BCUT2D eigenvalue weighted by molar-refractivity contribution is 5.46. The van der Waals surface area contributed by atoms with Crippen LogP contribution >= 0.6 is 0 Å². The van der Waals surface area contributed by atoms with E-state index in [1.807, 2.05) is 6.20 Å². The first-order chi connectivity index (χ1) is 9.13. The van der Waals surface area contributed by atoms with Gasteiger partial charge in [-0.25, -0.2) is 4.98 Å². The summed E-state index contributed by atoms with van der Waals surface area (Å²) in [5.41, 5.74) is 1.37. The zero-order valence-corrected chi connectivity index (χ0v) is 12.7. The van der Waals surface area contributed by atoms with E-state index in [1.165, 1.54) is 24.9 Å². The van der Waals surface area contributed by atoms with Gasteiger partial charge in [0.1, 0.15) is 5.82 Å². The highest BCUT2D eigenvalue weighted by Crippen LogP contribution is 2.36. The van der Waals surface area contributed by atoms with Crippen molar-refractivity contribution in [3.05, 3.63) is 23.9 Å². The lowest BCUT2D eigenvalue weighted by Gasteiger charge is -2.30. The fourth-order valence-corrected chi connectivity index (χ4v) is 2.88. The van der Waals surface area contributed by atoms with Gasteiger partial charge in [0, 0.05) is 29.9 Å². The number of aromatic nitrogens is 1. The predicted octanol–water partition coefficient (Wildman–Crippen LogP) is 3.84. The van der Waals surface area contributed by atoms with Crippen LogP contribution in [0.2, 0.25) is 0 Å². The third kappa shape index (κ3) is 3.27. The van der Waals surface area contributed by atoms with Gasteiger partial charge in [0.25, 0.3) is 0 Å². The van der Waals surface area contributed by atoms with E-state index in [0.29, 0.717) is 18.1 Å². The molecule has 0 spiro atoms. The van der Waals surface area contributed by atoms with Crippen LogP contribution in [0.1, 0.15) is 58.6 Å². The van der Waals surface area contributed by atoms with Gasteiger partial charge in [-0.3, -0.25) is 4.90 Å². The SMILES string of the molecule is CC[C@H](C)Nc1ncccc1[C@H]1CCCN1C(C)C. The third-order valence-electron chi connectivity index (χ3n) is 4.15. The molecule has 3 nitrogen and oxygen atoms in total. The monoisotopic (exact) mass is 261 g/mol. The molecule has 0 radical (unpaired) electrons. The fourth-order valence-electron chi connectivity index (χ4n) is 2.88. The lowest BCUT2D eigenvalue weighted by atomic mass is 10.0. The summed E-state index contributed by atoms with van der Waals surface area (Å²) < 4.78 is 0. The van der Waals surface area contributed by atoms with Crippen LogP contribution in [0.3, 0.4) is 0 Å². The number of nitrogens with zero attached hydrogens (tertiary/aromatic N) is 2. The molecule has 106 valence electrons. The van der Waals surface area contributed by atoms with Crippen molar-refractivity contribution in [2.24, 2.45) is 0 Å². The zero-order valence-electron chi connectivity index (χ0n) is 12.7. The van der Waals surface area contributed by atoms with E-state index in [-0.39, 0.29) is 0 Å². The molecule has 0 unspecified atom stereocenters. The van der Waals surface area contributed by atoms with E-state index in [2.05, 4.69) is 55.0 Å². The van der Waals surface area contributed by atoms with Gasteiger partial charge in [-0.05, 0) is 52.6 Å². The van der Waals surface area contributed by atoms with E-state index < -0.39 is 0 Å². The average molecular weight is 261 g/mol. The number of nitrogens with one attached hydrogen (secondary N) is 1. The van der Waals surface area contributed by atoms with E-state index in [1.54, 1.807) is 0 Å². The lowest BCUT2D eigenvalue weighted by Crippen LogP contribution is -2.31. The van der Waals surface area contributed by atoms with Gasteiger partial charge in [0.2, 0.25) is 0 Å². The molecule has 2 atom stereocenters. The molecule has 1 fully saturated rings. The molecule has 2 rings (SSSR count). The van der Waals surface area contributed by atoms with Crippen LogP contribution in [0.4, 0.5) is 5.82 Å².